The molecule has 1 aromatic heterocycles. The maximum Gasteiger partial charge on any atom is 0.272 e. The number of hydrogen-bond acceptors (Lipinski definition) is 4. The molecule has 2 heterocycles. The van der Waals surface area contributed by atoms with Crippen molar-refractivity contribution in [3.05, 3.63) is 51.4 Å². The van der Waals surface area contributed by atoms with Crippen molar-refractivity contribution in [1.82, 2.24) is 19.8 Å². The average molecular weight is 375 g/mol. The van der Waals surface area contributed by atoms with Gasteiger partial charge in [0.05, 0.1) is 0 Å². The van der Waals surface area contributed by atoms with Gasteiger partial charge in [0.25, 0.3) is 11.5 Å². The maximum absolute atomic E-state index is 12.6. The summed E-state index contributed by atoms with van der Waals surface area (Å²) in [5.41, 5.74) is 0.317. The minimum absolute atomic E-state index is 0.0638. The molecular weight excluding hydrogens is 356 g/mol. The lowest BCUT2D eigenvalue weighted by molar-refractivity contribution is -0.127. The van der Waals surface area contributed by atoms with E-state index in [9.17, 15) is 14.4 Å². The summed E-state index contributed by atoms with van der Waals surface area (Å²) >= 11 is 5.87. The number of halogens is 1. The average Bonchev–Trinajstić information content (AvgIpc) is 3.04. The largest absolute Gasteiger partial charge is 0.341 e. The van der Waals surface area contributed by atoms with Gasteiger partial charge in [0, 0.05) is 49.8 Å². The highest BCUT2D eigenvalue weighted by molar-refractivity contribution is 6.30. The molecule has 0 saturated carbocycles. The first-order valence-electron chi connectivity index (χ1n) is 8.34. The monoisotopic (exact) mass is 374 g/mol. The minimum Gasteiger partial charge on any atom is -0.341 e. The number of nitrogens with one attached hydrogen (secondary N) is 1. The van der Waals surface area contributed by atoms with Crippen molar-refractivity contribution < 1.29 is 9.59 Å². The Morgan fingerprint density at radius 1 is 1.31 bits per heavy atom. The van der Waals surface area contributed by atoms with Gasteiger partial charge < -0.3 is 14.8 Å². The van der Waals surface area contributed by atoms with E-state index in [0.717, 1.165) is 13.0 Å². The second-order valence-electron chi connectivity index (χ2n) is 6.20. The molecule has 1 saturated heterocycles. The molecule has 1 N–H and O–H groups in total. The molecule has 0 atom stereocenters. The SMILES string of the molecule is CN(CCN1CCCC1=O)C(=O)c1cc(=O)[nH]c(-c2ccc(Cl)cc2)n1. The van der Waals surface area contributed by atoms with E-state index in [4.69, 9.17) is 11.6 Å². The van der Waals surface area contributed by atoms with E-state index in [-0.39, 0.29) is 17.5 Å². The van der Waals surface area contributed by atoms with Gasteiger partial charge in [0.1, 0.15) is 11.5 Å². The molecule has 2 aromatic rings. The van der Waals surface area contributed by atoms with Crippen LogP contribution in [0.1, 0.15) is 23.3 Å². The number of rotatable bonds is 5. The van der Waals surface area contributed by atoms with Crippen molar-refractivity contribution in [1.29, 1.82) is 0 Å². The molecule has 7 nitrogen and oxygen atoms in total. The van der Waals surface area contributed by atoms with Gasteiger partial charge in [-0.25, -0.2) is 4.98 Å². The topological polar surface area (TPSA) is 86.4 Å². The molecule has 1 fully saturated rings. The molecule has 8 heteroatoms. The van der Waals surface area contributed by atoms with Crippen LogP contribution in [-0.2, 0) is 4.79 Å². The molecule has 0 bridgehead atoms. The normalized spacial score (nSPS) is 13.9. The number of H-pyrrole nitrogens is 1. The van der Waals surface area contributed by atoms with Crippen LogP contribution in [0.5, 0.6) is 0 Å². The predicted octanol–water partition coefficient (Wildman–Crippen LogP) is 1.78. The van der Waals surface area contributed by atoms with E-state index >= 15 is 0 Å². The van der Waals surface area contributed by atoms with E-state index in [2.05, 4.69) is 9.97 Å². The van der Waals surface area contributed by atoms with Gasteiger partial charge >= 0.3 is 0 Å². The number of nitrogens with zero attached hydrogens (tertiary/aromatic N) is 3. The fraction of sp³-hybridized carbons (Fsp3) is 0.333. The standard InChI is InChI=1S/C18H19ClN4O3/c1-22(9-10-23-8-2-3-16(23)25)18(26)14-11-15(24)21-17(20-14)12-4-6-13(19)7-5-12/h4-7,11H,2-3,8-10H2,1H3,(H,20,21,24). The second kappa shape index (κ2) is 7.70. The number of hydrogen-bond donors (Lipinski definition) is 1. The first kappa shape index (κ1) is 18.1. The van der Waals surface area contributed by atoms with Gasteiger partial charge in [-0.3, -0.25) is 14.4 Å². The molecule has 3 rings (SSSR count). The van der Waals surface area contributed by atoms with E-state index < -0.39 is 5.56 Å². The highest BCUT2D eigenvalue weighted by atomic mass is 35.5. The Morgan fingerprint density at radius 2 is 2.04 bits per heavy atom. The van der Waals surface area contributed by atoms with Crippen LogP contribution in [0, 0.1) is 0 Å². The summed E-state index contributed by atoms with van der Waals surface area (Å²) in [7, 11) is 1.63. The molecule has 0 radical (unpaired) electrons. The lowest BCUT2D eigenvalue weighted by Crippen LogP contribution is -2.37. The number of likely N-dealkylation sites (tertiary alicyclic amines) is 1. The van der Waals surface area contributed by atoms with Crippen LogP contribution in [0.2, 0.25) is 5.02 Å². The summed E-state index contributed by atoms with van der Waals surface area (Å²) in [5, 5.41) is 0.569. The second-order valence-corrected chi connectivity index (χ2v) is 6.63. The molecule has 2 amide bonds. The van der Waals surface area contributed by atoms with E-state index in [1.165, 1.54) is 11.0 Å². The third-order valence-electron chi connectivity index (χ3n) is 4.30. The number of aromatic amines is 1. The molecule has 0 spiro atoms. The Hall–Kier alpha value is -2.67. The van der Waals surface area contributed by atoms with Crippen molar-refractivity contribution in [2.75, 3.05) is 26.7 Å². The van der Waals surface area contributed by atoms with E-state index in [1.54, 1.807) is 36.2 Å². The Labute approximate surface area is 155 Å². The lowest BCUT2D eigenvalue weighted by atomic mass is 10.2. The van der Waals surface area contributed by atoms with Crippen LogP contribution >= 0.6 is 11.6 Å². The molecule has 1 aliphatic rings. The zero-order valence-corrected chi connectivity index (χ0v) is 15.1. The van der Waals surface area contributed by atoms with Crippen LogP contribution in [0.3, 0.4) is 0 Å². The quantitative estimate of drug-likeness (QED) is 0.864. The van der Waals surface area contributed by atoms with Crippen LogP contribution < -0.4 is 5.56 Å². The molecule has 1 aromatic carbocycles. The molecule has 136 valence electrons. The fourth-order valence-electron chi connectivity index (χ4n) is 2.82. The number of carbonyl (C=O) groups excluding carboxylic acids is 2. The number of carbonyl (C=O) groups is 2. The first-order chi connectivity index (χ1) is 12.4. The van der Waals surface area contributed by atoms with Crippen molar-refractivity contribution >= 4 is 23.4 Å². The maximum atomic E-state index is 12.6. The zero-order chi connectivity index (χ0) is 18.7. The van der Waals surface area contributed by atoms with Crippen molar-refractivity contribution in [2.24, 2.45) is 0 Å². The summed E-state index contributed by atoms with van der Waals surface area (Å²) in [6.45, 7) is 1.59. The molecule has 26 heavy (non-hydrogen) atoms. The third kappa shape index (κ3) is 4.11. The Morgan fingerprint density at radius 3 is 2.69 bits per heavy atom. The summed E-state index contributed by atoms with van der Waals surface area (Å²) in [4.78, 5) is 46.3. The fourth-order valence-corrected chi connectivity index (χ4v) is 2.95. The Kier molecular flexibility index (Phi) is 5.37. The Bertz CT molecular complexity index is 879. The van der Waals surface area contributed by atoms with Gasteiger partial charge in [-0.05, 0) is 30.7 Å². The van der Waals surface area contributed by atoms with Gasteiger partial charge in [0.2, 0.25) is 5.91 Å². The van der Waals surface area contributed by atoms with E-state index in [0.29, 0.717) is 35.9 Å². The molecule has 0 aliphatic carbocycles. The zero-order valence-electron chi connectivity index (χ0n) is 14.4. The lowest BCUT2D eigenvalue weighted by Gasteiger charge is -2.21. The van der Waals surface area contributed by atoms with E-state index in [1.807, 2.05) is 0 Å². The van der Waals surface area contributed by atoms with Crippen LogP contribution in [0.4, 0.5) is 0 Å². The summed E-state index contributed by atoms with van der Waals surface area (Å²) in [6, 6.07) is 7.99. The predicted molar refractivity (Wildman–Crippen MR) is 98.1 cm³/mol. The van der Waals surface area contributed by atoms with Crippen molar-refractivity contribution in [3.8, 4) is 11.4 Å². The summed E-state index contributed by atoms with van der Waals surface area (Å²) in [6.07, 6.45) is 1.42. The third-order valence-corrected chi connectivity index (χ3v) is 4.55. The Balaban J connectivity index is 1.75. The highest BCUT2D eigenvalue weighted by Gasteiger charge is 2.22. The van der Waals surface area contributed by atoms with Crippen molar-refractivity contribution in [2.45, 2.75) is 12.8 Å². The molecule has 0 unspecified atom stereocenters. The summed E-state index contributed by atoms with van der Waals surface area (Å²) in [5.74, 6) is 0.0590. The molecule has 1 aliphatic heterocycles. The first-order valence-corrected chi connectivity index (χ1v) is 8.72. The van der Waals surface area contributed by atoms with Gasteiger partial charge in [0.15, 0.2) is 0 Å². The van der Waals surface area contributed by atoms with Gasteiger partial charge in [-0.2, -0.15) is 0 Å². The van der Waals surface area contributed by atoms with Crippen LogP contribution in [-0.4, -0.2) is 58.3 Å². The number of benzene rings is 1. The van der Waals surface area contributed by atoms with Crippen LogP contribution in [0.15, 0.2) is 35.1 Å². The highest BCUT2D eigenvalue weighted by Crippen LogP contribution is 2.17. The smallest absolute Gasteiger partial charge is 0.272 e. The van der Waals surface area contributed by atoms with Crippen LogP contribution in [0.25, 0.3) is 11.4 Å². The summed E-state index contributed by atoms with van der Waals surface area (Å²) < 4.78 is 0. The number of aromatic nitrogens is 2. The number of amides is 2. The number of likely N-dealkylation sites (N-methyl/N-ethyl adjacent to an activating group) is 1. The van der Waals surface area contributed by atoms with Crippen molar-refractivity contribution in [3.63, 3.8) is 0 Å². The van der Waals surface area contributed by atoms with Gasteiger partial charge in [-0.15, -0.1) is 0 Å². The van der Waals surface area contributed by atoms with Gasteiger partial charge in [-0.1, -0.05) is 11.6 Å². The minimum atomic E-state index is -0.406. The molecular formula is C18H19ClN4O3.